The van der Waals surface area contributed by atoms with Gasteiger partial charge < -0.3 is 0 Å². The van der Waals surface area contributed by atoms with E-state index >= 15 is 0 Å². The Bertz CT molecular complexity index is 277. The fourth-order valence-corrected chi connectivity index (χ4v) is 3.81. The van der Waals surface area contributed by atoms with Gasteiger partial charge in [0.05, 0.1) is 0 Å². The van der Waals surface area contributed by atoms with Gasteiger partial charge in [0.2, 0.25) is 0 Å². The first-order valence-electron chi connectivity index (χ1n) is 5.50. The second kappa shape index (κ2) is 3.35. The minimum absolute atomic E-state index is 0.189. The molecule has 0 aliphatic heterocycles. The minimum atomic E-state index is 0.189. The van der Waals surface area contributed by atoms with Gasteiger partial charge in [0, 0.05) is 11.9 Å². The van der Waals surface area contributed by atoms with Crippen LogP contribution in [-0.2, 0) is 0 Å². The maximum Gasteiger partial charge on any atom is 0.268 e. The van der Waals surface area contributed by atoms with E-state index in [-0.39, 0.29) is 13.4 Å². The lowest BCUT2D eigenvalue weighted by Crippen LogP contribution is -2.44. The van der Waals surface area contributed by atoms with Crippen LogP contribution in [0.3, 0.4) is 0 Å². The van der Waals surface area contributed by atoms with Gasteiger partial charge in [-0.3, -0.25) is 0 Å². The predicted molar refractivity (Wildman–Crippen MR) is 58.2 cm³/mol. The molecule has 2 bridgehead atoms. The van der Waals surface area contributed by atoms with E-state index in [9.17, 15) is 0 Å². The lowest BCUT2D eigenvalue weighted by molar-refractivity contribution is 0.295. The monoisotopic (exact) mass is 184 g/mol. The van der Waals surface area contributed by atoms with Crippen LogP contribution in [0.2, 0.25) is 25.3 Å². The van der Waals surface area contributed by atoms with Crippen LogP contribution in [0.25, 0.3) is 0 Å². The fourth-order valence-electron chi connectivity index (χ4n) is 3.81. The van der Waals surface area contributed by atoms with Crippen molar-refractivity contribution in [2.45, 2.75) is 38.1 Å². The summed E-state index contributed by atoms with van der Waals surface area (Å²) in [4.78, 5) is 0. The van der Waals surface area contributed by atoms with Crippen molar-refractivity contribution in [3.8, 4) is 11.9 Å². The van der Waals surface area contributed by atoms with E-state index in [1.807, 2.05) is 13.6 Å². The van der Waals surface area contributed by atoms with Gasteiger partial charge >= 0.3 is 0 Å². The van der Waals surface area contributed by atoms with Gasteiger partial charge in [0.15, 0.2) is 0 Å². The summed E-state index contributed by atoms with van der Waals surface area (Å²) in [6, 6.07) is 0. The van der Waals surface area contributed by atoms with E-state index in [4.69, 9.17) is 10.5 Å². The normalized spacial score (nSPS) is 38.0. The van der Waals surface area contributed by atoms with Gasteiger partial charge in [-0.25, -0.2) is 10.5 Å². The van der Waals surface area contributed by atoms with Gasteiger partial charge in [-0.1, -0.05) is 26.5 Å². The molecule has 0 aromatic rings. The highest BCUT2D eigenvalue weighted by Crippen LogP contribution is 2.67. The van der Waals surface area contributed by atoms with Gasteiger partial charge in [-0.15, -0.1) is 0 Å². The summed E-state index contributed by atoms with van der Waals surface area (Å²) in [5.41, 5.74) is 0. The molecule has 0 heterocycles. The summed E-state index contributed by atoms with van der Waals surface area (Å²) in [6.07, 6.45) is 2.50. The van der Waals surface area contributed by atoms with Crippen LogP contribution in [0.4, 0.5) is 0 Å². The van der Waals surface area contributed by atoms with Crippen molar-refractivity contribution in [3.05, 3.63) is 0 Å². The Morgan fingerprint density at radius 2 is 1.29 bits per heavy atom. The van der Waals surface area contributed by atoms with E-state index in [0.717, 1.165) is 0 Å². The summed E-state index contributed by atoms with van der Waals surface area (Å²) >= 11 is 0. The zero-order valence-electron chi connectivity index (χ0n) is 8.77. The summed E-state index contributed by atoms with van der Waals surface area (Å²) in [7, 11) is 0. The number of hydrogen-bond acceptors (Lipinski definition) is 2. The molecule has 0 radical (unpaired) electrons. The fraction of sp³-hybridized carbons (Fsp3) is 0.800. The van der Waals surface area contributed by atoms with Crippen LogP contribution in [-0.4, -0.2) is 13.4 Å². The minimum Gasteiger partial charge on any atom is -0.213 e. The first-order valence-corrected chi connectivity index (χ1v) is 5.50. The lowest BCUT2D eigenvalue weighted by atomic mass is 9.24. The summed E-state index contributed by atoms with van der Waals surface area (Å²) in [5, 5.41) is 17.8. The molecule has 0 unspecified atom stereocenters. The molecule has 0 aromatic heterocycles. The SMILES string of the molecule is CB(C#N)C1C2CCC1C2B(C)C#N. The molecule has 3 fully saturated rings. The van der Waals surface area contributed by atoms with Crippen molar-refractivity contribution in [1.29, 1.82) is 10.5 Å². The van der Waals surface area contributed by atoms with Crippen LogP contribution in [0.15, 0.2) is 0 Å². The summed E-state index contributed by atoms with van der Waals surface area (Å²) < 4.78 is 0. The van der Waals surface area contributed by atoms with Crippen LogP contribution in [0.5, 0.6) is 0 Å². The highest BCUT2D eigenvalue weighted by Gasteiger charge is 2.59. The molecule has 3 aliphatic carbocycles. The Labute approximate surface area is 86.4 Å². The van der Waals surface area contributed by atoms with Crippen molar-refractivity contribution in [2.75, 3.05) is 0 Å². The predicted octanol–water partition coefficient (Wildman–Crippen LogP) is 2.14. The van der Waals surface area contributed by atoms with Crippen molar-refractivity contribution in [1.82, 2.24) is 0 Å². The highest BCUT2D eigenvalue weighted by molar-refractivity contribution is 6.71. The number of hydrogen-bond donors (Lipinski definition) is 0. The van der Waals surface area contributed by atoms with Gasteiger partial charge in [0.25, 0.3) is 13.4 Å². The van der Waals surface area contributed by atoms with Crippen molar-refractivity contribution < 1.29 is 0 Å². The zero-order chi connectivity index (χ0) is 10.3. The molecule has 0 spiro atoms. The first kappa shape index (κ1) is 9.66. The van der Waals surface area contributed by atoms with Crippen LogP contribution in [0.1, 0.15) is 12.8 Å². The molecule has 14 heavy (non-hydrogen) atoms. The third kappa shape index (κ3) is 1.10. The van der Waals surface area contributed by atoms with E-state index in [2.05, 4.69) is 11.9 Å². The highest BCUT2D eigenvalue weighted by atomic mass is 14.5. The molecule has 0 aromatic carbocycles. The summed E-state index contributed by atoms with van der Waals surface area (Å²) in [6.45, 7) is 4.44. The number of nitrogens with zero attached hydrogens (tertiary/aromatic N) is 2. The smallest absolute Gasteiger partial charge is 0.213 e. The maximum absolute atomic E-state index is 8.90. The van der Waals surface area contributed by atoms with Crippen LogP contribution in [0, 0.1) is 34.3 Å². The molecule has 70 valence electrons. The molecule has 0 N–H and O–H groups in total. The Hall–Kier alpha value is -0.890. The van der Waals surface area contributed by atoms with E-state index in [1.165, 1.54) is 12.8 Å². The van der Waals surface area contributed by atoms with Crippen molar-refractivity contribution in [3.63, 3.8) is 0 Å². The van der Waals surface area contributed by atoms with E-state index < -0.39 is 0 Å². The molecule has 3 rings (SSSR count). The Morgan fingerprint density at radius 3 is 1.57 bits per heavy atom. The first-order chi connectivity index (χ1) is 6.70. The van der Waals surface area contributed by atoms with Crippen LogP contribution >= 0.6 is 0 Å². The largest absolute Gasteiger partial charge is 0.268 e. The van der Waals surface area contributed by atoms with E-state index in [0.29, 0.717) is 23.5 Å². The third-order valence-corrected chi connectivity index (χ3v) is 4.37. The molecule has 4 heteroatoms. The maximum atomic E-state index is 8.90. The second-order valence-corrected chi connectivity index (χ2v) is 4.90. The molecular weight excluding hydrogens is 170 g/mol. The van der Waals surface area contributed by atoms with Crippen molar-refractivity contribution in [2.24, 2.45) is 11.8 Å². The molecule has 0 saturated heterocycles. The number of fused-ring (bicyclic) bond motifs is 1. The molecular formula is C10H14B2N2. The molecule has 3 saturated carbocycles. The topological polar surface area (TPSA) is 47.6 Å². The molecule has 0 atom stereocenters. The summed E-state index contributed by atoms with van der Waals surface area (Å²) in [5.74, 6) is 7.26. The van der Waals surface area contributed by atoms with Crippen LogP contribution < -0.4 is 0 Å². The number of rotatable bonds is 2. The molecule has 0 amide bonds. The lowest BCUT2D eigenvalue weighted by Gasteiger charge is -2.46. The second-order valence-electron chi connectivity index (χ2n) is 4.90. The van der Waals surface area contributed by atoms with Gasteiger partial charge in [-0.05, 0) is 23.5 Å². The Kier molecular flexibility index (Phi) is 2.31. The average molecular weight is 184 g/mol. The zero-order valence-corrected chi connectivity index (χ0v) is 8.77. The Balaban J connectivity index is 2.07. The third-order valence-electron chi connectivity index (χ3n) is 4.37. The van der Waals surface area contributed by atoms with Gasteiger partial charge in [-0.2, -0.15) is 0 Å². The number of nitriles is 2. The van der Waals surface area contributed by atoms with E-state index in [1.54, 1.807) is 0 Å². The standard InChI is InChI=1S/C10H14B2N2/c1-11(5-13)9-7-3-4-8(9)10(7)12(2)6-14/h7-10H,3-4H2,1-2H3. The van der Waals surface area contributed by atoms with Gasteiger partial charge in [0.1, 0.15) is 0 Å². The molecule has 3 aliphatic rings. The Morgan fingerprint density at radius 1 is 0.929 bits per heavy atom. The van der Waals surface area contributed by atoms with Crippen molar-refractivity contribution >= 4 is 13.4 Å². The quantitative estimate of drug-likeness (QED) is 0.617. The average Bonchev–Trinajstić information content (AvgIpc) is 2.77. The molecule has 2 nitrogen and oxygen atoms in total.